The summed E-state index contributed by atoms with van der Waals surface area (Å²) in [7, 11) is 0. The second kappa shape index (κ2) is 6.38. The van der Waals surface area contributed by atoms with Crippen LogP contribution in [0.3, 0.4) is 0 Å². The first-order valence-electron chi connectivity index (χ1n) is 5.18. The molecule has 0 fully saturated rings. The lowest BCUT2D eigenvalue weighted by Gasteiger charge is -2.08. The van der Waals surface area contributed by atoms with Gasteiger partial charge >= 0.3 is 5.97 Å². The molecule has 0 aliphatic heterocycles. The molecule has 0 N–H and O–H groups in total. The fourth-order valence-corrected chi connectivity index (χ4v) is 1.37. The van der Waals surface area contributed by atoms with Crippen LogP contribution in [0.15, 0.2) is 18.2 Å². The second-order valence-corrected chi connectivity index (χ2v) is 3.75. The molecule has 0 spiro atoms. The lowest BCUT2D eigenvalue weighted by atomic mass is 10.2. The quantitative estimate of drug-likeness (QED) is 0.745. The molecule has 88 valence electrons. The summed E-state index contributed by atoms with van der Waals surface area (Å²) in [5.74, 6) is 0.457. The predicted octanol–water partition coefficient (Wildman–Crippen LogP) is 2.98. The van der Waals surface area contributed by atoms with Crippen LogP contribution >= 0.6 is 11.6 Å². The van der Waals surface area contributed by atoms with Crippen molar-refractivity contribution >= 4 is 17.6 Å². The van der Waals surface area contributed by atoms with E-state index in [1.165, 1.54) is 0 Å². The van der Waals surface area contributed by atoms with Crippen molar-refractivity contribution in [2.24, 2.45) is 0 Å². The fraction of sp³-hybridized carbons (Fsp3) is 0.417. The van der Waals surface area contributed by atoms with Crippen LogP contribution in [-0.4, -0.2) is 19.2 Å². The standard InChI is InChI=1S/C12H15ClO3/c1-3-15-12(14)6-7-16-11-8-10(13)5-4-9(11)2/h4-5,8H,3,6-7H2,1-2H3. The van der Waals surface area contributed by atoms with E-state index in [1.54, 1.807) is 19.1 Å². The SMILES string of the molecule is CCOC(=O)CCOc1cc(Cl)ccc1C. The highest BCUT2D eigenvalue weighted by molar-refractivity contribution is 6.30. The smallest absolute Gasteiger partial charge is 0.309 e. The minimum absolute atomic E-state index is 0.248. The molecule has 0 atom stereocenters. The van der Waals surface area contributed by atoms with E-state index in [9.17, 15) is 4.79 Å². The number of rotatable bonds is 5. The van der Waals surface area contributed by atoms with Gasteiger partial charge in [0.2, 0.25) is 0 Å². The van der Waals surface area contributed by atoms with Crippen molar-refractivity contribution in [1.82, 2.24) is 0 Å². The molecule has 1 rings (SSSR count). The van der Waals surface area contributed by atoms with E-state index < -0.39 is 0 Å². The molecule has 0 bridgehead atoms. The molecule has 0 heterocycles. The molecule has 0 radical (unpaired) electrons. The van der Waals surface area contributed by atoms with Crippen LogP contribution in [0.2, 0.25) is 5.02 Å². The molecule has 0 aromatic heterocycles. The monoisotopic (exact) mass is 242 g/mol. The number of benzene rings is 1. The lowest BCUT2D eigenvalue weighted by Crippen LogP contribution is -2.09. The number of carbonyl (C=O) groups is 1. The number of ether oxygens (including phenoxy) is 2. The summed E-state index contributed by atoms with van der Waals surface area (Å²) in [6.45, 7) is 4.41. The van der Waals surface area contributed by atoms with Crippen LogP contribution < -0.4 is 4.74 Å². The Balaban J connectivity index is 2.42. The molecule has 0 aliphatic rings. The highest BCUT2D eigenvalue weighted by Crippen LogP contribution is 2.22. The molecule has 0 unspecified atom stereocenters. The Morgan fingerprint density at radius 3 is 2.88 bits per heavy atom. The molecule has 4 heteroatoms. The Bertz CT molecular complexity index is 363. The third-order valence-corrected chi connectivity index (χ3v) is 2.25. The van der Waals surface area contributed by atoms with E-state index in [-0.39, 0.29) is 12.4 Å². The maximum Gasteiger partial charge on any atom is 0.309 e. The van der Waals surface area contributed by atoms with E-state index in [1.807, 2.05) is 13.0 Å². The maximum absolute atomic E-state index is 11.1. The van der Waals surface area contributed by atoms with Crippen molar-refractivity contribution in [3.63, 3.8) is 0 Å². The third kappa shape index (κ3) is 4.11. The summed E-state index contributed by atoms with van der Waals surface area (Å²) in [6.07, 6.45) is 0.250. The molecule has 3 nitrogen and oxygen atoms in total. The Labute approximate surface area is 100 Å². The topological polar surface area (TPSA) is 35.5 Å². The van der Waals surface area contributed by atoms with Crippen molar-refractivity contribution in [1.29, 1.82) is 0 Å². The Kier molecular flexibility index (Phi) is 5.12. The van der Waals surface area contributed by atoms with Gasteiger partial charge in [0.25, 0.3) is 0 Å². The van der Waals surface area contributed by atoms with Crippen LogP contribution in [0.4, 0.5) is 0 Å². The Morgan fingerprint density at radius 2 is 2.19 bits per heavy atom. The van der Waals surface area contributed by atoms with Crippen molar-refractivity contribution in [3.05, 3.63) is 28.8 Å². The molecule has 16 heavy (non-hydrogen) atoms. The zero-order valence-corrected chi connectivity index (χ0v) is 10.2. The number of hydrogen-bond donors (Lipinski definition) is 0. The van der Waals surface area contributed by atoms with Crippen LogP contribution in [0, 0.1) is 6.92 Å². The zero-order valence-electron chi connectivity index (χ0n) is 9.46. The highest BCUT2D eigenvalue weighted by Gasteiger charge is 2.04. The van der Waals surface area contributed by atoms with Gasteiger partial charge in [-0.05, 0) is 31.5 Å². The molecular formula is C12H15ClO3. The van der Waals surface area contributed by atoms with Crippen molar-refractivity contribution in [3.8, 4) is 5.75 Å². The maximum atomic E-state index is 11.1. The predicted molar refractivity (Wildman–Crippen MR) is 62.9 cm³/mol. The van der Waals surface area contributed by atoms with Gasteiger partial charge in [-0.25, -0.2) is 0 Å². The highest BCUT2D eigenvalue weighted by atomic mass is 35.5. The van der Waals surface area contributed by atoms with Gasteiger partial charge in [-0.3, -0.25) is 4.79 Å². The van der Waals surface area contributed by atoms with Gasteiger partial charge < -0.3 is 9.47 Å². The molecular weight excluding hydrogens is 228 g/mol. The normalized spacial score (nSPS) is 9.94. The second-order valence-electron chi connectivity index (χ2n) is 3.31. The molecule has 1 aromatic carbocycles. The summed E-state index contributed by atoms with van der Waals surface area (Å²) in [5, 5.41) is 0.622. The number of carbonyl (C=O) groups excluding carboxylic acids is 1. The van der Waals surface area contributed by atoms with Crippen molar-refractivity contribution < 1.29 is 14.3 Å². The summed E-state index contributed by atoms with van der Waals surface area (Å²) in [6, 6.07) is 5.42. The first-order chi connectivity index (χ1) is 7.63. The molecule has 0 amide bonds. The molecule has 0 aliphatic carbocycles. The van der Waals surface area contributed by atoms with Gasteiger partial charge in [0.1, 0.15) is 5.75 Å². The first kappa shape index (κ1) is 12.8. The van der Waals surface area contributed by atoms with E-state index in [2.05, 4.69) is 0 Å². The largest absolute Gasteiger partial charge is 0.493 e. The zero-order chi connectivity index (χ0) is 12.0. The van der Waals surface area contributed by atoms with Gasteiger partial charge in [-0.15, -0.1) is 0 Å². The Morgan fingerprint density at radius 1 is 1.44 bits per heavy atom. The average Bonchev–Trinajstić information content (AvgIpc) is 2.23. The van der Waals surface area contributed by atoms with E-state index >= 15 is 0 Å². The van der Waals surface area contributed by atoms with Gasteiger partial charge in [0, 0.05) is 5.02 Å². The van der Waals surface area contributed by atoms with Gasteiger partial charge in [-0.1, -0.05) is 17.7 Å². The average molecular weight is 243 g/mol. The van der Waals surface area contributed by atoms with Crippen LogP contribution in [0.1, 0.15) is 18.9 Å². The molecule has 0 saturated carbocycles. The minimum Gasteiger partial charge on any atom is -0.493 e. The van der Waals surface area contributed by atoms with Gasteiger partial charge in [0.05, 0.1) is 19.6 Å². The van der Waals surface area contributed by atoms with E-state index in [4.69, 9.17) is 21.1 Å². The van der Waals surface area contributed by atoms with Gasteiger partial charge in [-0.2, -0.15) is 0 Å². The third-order valence-electron chi connectivity index (χ3n) is 2.02. The number of esters is 1. The van der Waals surface area contributed by atoms with Crippen LogP contribution in [-0.2, 0) is 9.53 Å². The lowest BCUT2D eigenvalue weighted by molar-refractivity contribution is -0.143. The summed E-state index contributed by atoms with van der Waals surface area (Å²) < 4.78 is 10.2. The summed E-state index contributed by atoms with van der Waals surface area (Å²) in [5.41, 5.74) is 0.994. The molecule has 1 aromatic rings. The number of aryl methyl sites for hydroxylation is 1. The van der Waals surface area contributed by atoms with E-state index in [0.29, 0.717) is 24.0 Å². The number of hydrogen-bond acceptors (Lipinski definition) is 3. The molecule has 0 saturated heterocycles. The van der Waals surface area contributed by atoms with Crippen molar-refractivity contribution in [2.45, 2.75) is 20.3 Å². The van der Waals surface area contributed by atoms with Crippen LogP contribution in [0.5, 0.6) is 5.75 Å². The van der Waals surface area contributed by atoms with Gasteiger partial charge in [0.15, 0.2) is 0 Å². The summed E-state index contributed by atoms with van der Waals surface area (Å²) >= 11 is 5.84. The fourth-order valence-electron chi connectivity index (χ4n) is 1.21. The van der Waals surface area contributed by atoms with Crippen LogP contribution in [0.25, 0.3) is 0 Å². The minimum atomic E-state index is -0.248. The summed E-state index contributed by atoms with van der Waals surface area (Å²) in [4.78, 5) is 11.1. The number of halogens is 1. The van der Waals surface area contributed by atoms with E-state index in [0.717, 1.165) is 5.56 Å². The Hall–Kier alpha value is -1.22. The first-order valence-corrected chi connectivity index (χ1v) is 5.56. The van der Waals surface area contributed by atoms with Crippen molar-refractivity contribution in [2.75, 3.05) is 13.2 Å².